The Bertz CT molecular complexity index is 589. The third-order valence-electron chi connectivity index (χ3n) is 6.12. The van der Waals surface area contributed by atoms with Gasteiger partial charge in [0.15, 0.2) is 0 Å². The number of aromatic hydroxyl groups is 1. The SMILES string of the molecule is C[C@]12CC[C@H]3C(=CCc4cc(O)ccc43)[C@@H]1CC[C@H]2O. The molecule has 2 N–H and O–H groups in total. The Morgan fingerprint density at radius 3 is 2.90 bits per heavy atom. The standard InChI is InChI=1S/C18H22O2/c1-18-9-8-14-13-5-3-12(19)10-11(13)2-4-15(14)16(18)6-7-17(18)20/h3-5,10,14,16-17,19-20H,2,6-9H2,1H3/t14-,16+,17-,18+/m1/s1. The Morgan fingerprint density at radius 1 is 1.20 bits per heavy atom. The highest BCUT2D eigenvalue weighted by atomic mass is 16.3. The van der Waals surface area contributed by atoms with E-state index in [0.717, 1.165) is 32.1 Å². The fraction of sp³-hybridized carbons (Fsp3) is 0.556. The molecule has 0 saturated heterocycles. The van der Waals surface area contributed by atoms with Crippen LogP contribution in [0.3, 0.4) is 0 Å². The number of benzene rings is 1. The van der Waals surface area contributed by atoms with Gasteiger partial charge in [0.2, 0.25) is 0 Å². The third kappa shape index (κ3) is 1.54. The third-order valence-corrected chi connectivity index (χ3v) is 6.12. The number of fused-ring (bicyclic) bond motifs is 5. The molecule has 0 bridgehead atoms. The van der Waals surface area contributed by atoms with E-state index in [1.165, 1.54) is 11.1 Å². The minimum Gasteiger partial charge on any atom is -0.508 e. The molecule has 1 aromatic carbocycles. The van der Waals surface area contributed by atoms with Crippen LogP contribution in [0.1, 0.15) is 49.7 Å². The molecule has 2 nitrogen and oxygen atoms in total. The van der Waals surface area contributed by atoms with Crippen LogP contribution in [0.5, 0.6) is 5.75 Å². The van der Waals surface area contributed by atoms with Gasteiger partial charge < -0.3 is 10.2 Å². The maximum atomic E-state index is 10.3. The predicted molar refractivity (Wildman–Crippen MR) is 78.7 cm³/mol. The molecule has 20 heavy (non-hydrogen) atoms. The van der Waals surface area contributed by atoms with Crippen LogP contribution in [0.4, 0.5) is 0 Å². The lowest BCUT2D eigenvalue weighted by Crippen LogP contribution is -2.39. The molecule has 0 radical (unpaired) electrons. The van der Waals surface area contributed by atoms with Gasteiger partial charge in [0.05, 0.1) is 6.10 Å². The van der Waals surface area contributed by atoms with Crippen LogP contribution in [0.25, 0.3) is 0 Å². The largest absolute Gasteiger partial charge is 0.508 e. The van der Waals surface area contributed by atoms with Crippen molar-refractivity contribution in [3.8, 4) is 5.75 Å². The number of hydrogen-bond acceptors (Lipinski definition) is 2. The molecule has 0 aliphatic heterocycles. The van der Waals surface area contributed by atoms with Crippen molar-refractivity contribution in [3.63, 3.8) is 0 Å². The smallest absolute Gasteiger partial charge is 0.115 e. The van der Waals surface area contributed by atoms with Crippen LogP contribution in [-0.2, 0) is 6.42 Å². The molecule has 3 aliphatic carbocycles. The summed E-state index contributed by atoms with van der Waals surface area (Å²) in [6.45, 7) is 2.28. The maximum Gasteiger partial charge on any atom is 0.115 e. The molecule has 2 fully saturated rings. The molecule has 0 amide bonds. The van der Waals surface area contributed by atoms with Gasteiger partial charge in [0.1, 0.15) is 5.75 Å². The van der Waals surface area contributed by atoms with E-state index in [-0.39, 0.29) is 11.5 Å². The molecule has 0 heterocycles. The molecule has 0 unspecified atom stereocenters. The molecule has 0 spiro atoms. The first-order valence-corrected chi connectivity index (χ1v) is 7.79. The molecule has 106 valence electrons. The molecule has 4 atom stereocenters. The number of rotatable bonds is 0. The Balaban J connectivity index is 1.76. The fourth-order valence-corrected chi connectivity index (χ4v) is 4.93. The number of phenols is 1. The van der Waals surface area contributed by atoms with Gasteiger partial charge in [-0.05, 0) is 61.3 Å². The molecule has 1 aromatic rings. The van der Waals surface area contributed by atoms with Crippen LogP contribution >= 0.6 is 0 Å². The van der Waals surface area contributed by atoms with E-state index in [9.17, 15) is 10.2 Å². The number of phenolic OH excluding ortho intramolecular Hbond substituents is 1. The van der Waals surface area contributed by atoms with Gasteiger partial charge >= 0.3 is 0 Å². The van der Waals surface area contributed by atoms with E-state index in [4.69, 9.17) is 0 Å². The average Bonchev–Trinajstić information content (AvgIpc) is 2.74. The molecular formula is C18H22O2. The zero-order chi connectivity index (χ0) is 13.9. The van der Waals surface area contributed by atoms with E-state index in [1.54, 1.807) is 5.57 Å². The van der Waals surface area contributed by atoms with E-state index in [2.05, 4.69) is 19.1 Å². The maximum absolute atomic E-state index is 10.3. The number of aliphatic hydroxyl groups excluding tert-OH is 1. The van der Waals surface area contributed by atoms with Crippen molar-refractivity contribution in [1.29, 1.82) is 0 Å². The fourth-order valence-electron chi connectivity index (χ4n) is 4.93. The minimum absolute atomic E-state index is 0.0940. The van der Waals surface area contributed by atoms with Crippen LogP contribution < -0.4 is 0 Å². The van der Waals surface area contributed by atoms with Gasteiger partial charge in [-0.3, -0.25) is 0 Å². The quantitative estimate of drug-likeness (QED) is 0.708. The van der Waals surface area contributed by atoms with E-state index in [1.807, 2.05) is 12.1 Å². The van der Waals surface area contributed by atoms with E-state index < -0.39 is 0 Å². The second-order valence-corrected chi connectivity index (χ2v) is 7.03. The first-order valence-electron chi connectivity index (χ1n) is 7.79. The highest BCUT2D eigenvalue weighted by Crippen LogP contribution is 2.59. The first kappa shape index (κ1) is 12.5. The second kappa shape index (κ2) is 4.11. The van der Waals surface area contributed by atoms with Gasteiger partial charge in [-0.25, -0.2) is 0 Å². The number of allylic oxidation sites excluding steroid dienone is 2. The van der Waals surface area contributed by atoms with Crippen LogP contribution in [0, 0.1) is 11.3 Å². The second-order valence-electron chi connectivity index (χ2n) is 7.03. The van der Waals surface area contributed by atoms with Crippen LogP contribution in [0.15, 0.2) is 29.8 Å². The van der Waals surface area contributed by atoms with Crippen molar-refractivity contribution >= 4 is 0 Å². The summed E-state index contributed by atoms with van der Waals surface area (Å²) in [5, 5.41) is 20.0. The predicted octanol–water partition coefficient (Wildman–Crippen LogP) is 3.53. The average molecular weight is 270 g/mol. The lowest BCUT2D eigenvalue weighted by Gasteiger charge is -2.46. The molecular weight excluding hydrogens is 248 g/mol. The lowest BCUT2D eigenvalue weighted by atomic mass is 9.59. The Hall–Kier alpha value is -1.28. The Morgan fingerprint density at radius 2 is 2.05 bits per heavy atom. The van der Waals surface area contributed by atoms with Gasteiger partial charge in [-0.2, -0.15) is 0 Å². The lowest BCUT2D eigenvalue weighted by molar-refractivity contribution is 0.0267. The molecule has 4 rings (SSSR count). The summed E-state index contributed by atoms with van der Waals surface area (Å²) >= 11 is 0. The van der Waals surface area contributed by atoms with Crippen molar-refractivity contribution in [3.05, 3.63) is 41.0 Å². The molecule has 2 heteroatoms. The summed E-state index contributed by atoms with van der Waals surface area (Å²) in [5.41, 5.74) is 4.34. The summed E-state index contributed by atoms with van der Waals surface area (Å²) < 4.78 is 0. The highest BCUT2D eigenvalue weighted by Gasteiger charge is 2.51. The van der Waals surface area contributed by atoms with Gasteiger partial charge in [0, 0.05) is 11.3 Å². The van der Waals surface area contributed by atoms with Crippen molar-refractivity contribution in [1.82, 2.24) is 0 Å². The van der Waals surface area contributed by atoms with Crippen molar-refractivity contribution in [2.75, 3.05) is 0 Å². The van der Waals surface area contributed by atoms with Gasteiger partial charge in [-0.15, -0.1) is 0 Å². The normalized spacial score (nSPS) is 38.7. The monoisotopic (exact) mass is 270 g/mol. The molecule has 0 aromatic heterocycles. The number of aliphatic hydroxyl groups is 1. The highest BCUT2D eigenvalue weighted by molar-refractivity contribution is 5.47. The van der Waals surface area contributed by atoms with E-state index >= 15 is 0 Å². The first-order chi connectivity index (χ1) is 9.59. The number of hydrogen-bond donors (Lipinski definition) is 2. The summed E-state index contributed by atoms with van der Waals surface area (Å²) in [7, 11) is 0. The minimum atomic E-state index is -0.129. The van der Waals surface area contributed by atoms with Crippen LogP contribution in [-0.4, -0.2) is 16.3 Å². The summed E-state index contributed by atoms with van der Waals surface area (Å²) in [6, 6.07) is 5.84. The van der Waals surface area contributed by atoms with Gasteiger partial charge in [-0.1, -0.05) is 24.6 Å². The summed E-state index contributed by atoms with van der Waals surface area (Å²) in [6.07, 6.45) is 7.51. The Labute approximate surface area is 120 Å². The van der Waals surface area contributed by atoms with Crippen molar-refractivity contribution in [2.45, 2.75) is 51.0 Å². The van der Waals surface area contributed by atoms with Crippen molar-refractivity contribution in [2.24, 2.45) is 11.3 Å². The van der Waals surface area contributed by atoms with Gasteiger partial charge in [0.25, 0.3) is 0 Å². The summed E-state index contributed by atoms with van der Waals surface area (Å²) in [4.78, 5) is 0. The zero-order valence-corrected chi connectivity index (χ0v) is 12.0. The van der Waals surface area contributed by atoms with Crippen molar-refractivity contribution < 1.29 is 10.2 Å². The topological polar surface area (TPSA) is 40.5 Å². The molecule has 2 saturated carbocycles. The zero-order valence-electron chi connectivity index (χ0n) is 12.0. The Kier molecular flexibility index (Phi) is 2.56. The van der Waals surface area contributed by atoms with Crippen LogP contribution in [0.2, 0.25) is 0 Å². The molecule has 3 aliphatic rings. The summed E-state index contributed by atoms with van der Waals surface area (Å²) in [5.74, 6) is 1.44. The van der Waals surface area contributed by atoms with E-state index in [0.29, 0.717) is 17.6 Å².